The standard InChI is InChI=1S/C10H11BrO2/c1-7(10-6-12-10)13-9-4-2-8(11)3-5-9/h2-5,7,10H,6H2,1H3/t7-,10-/m1/s1. The molecule has 3 heteroatoms. The maximum absolute atomic E-state index is 5.65. The number of hydrogen-bond acceptors (Lipinski definition) is 2. The summed E-state index contributed by atoms with van der Waals surface area (Å²) in [7, 11) is 0. The van der Waals surface area contributed by atoms with Gasteiger partial charge in [0.1, 0.15) is 18.0 Å². The monoisotopic (exact) mass is 242 g/mol. The van der Waals surface area contributed by atoms with E-state index in [4.69, 9.17) is 9.47 Å². The van der Waals surface area contributed by atoms with E-state index in [9.17, 15) is 0 Å². The van der Waals surface area contributed by atoms with Crippen molar-refractivity contribution < 1.29 is 9.47 Å². The van der Waals surface area contributed by atoms with Crippen LogP contribution in [0.5, 0.6) is 5.75 Å². The molecule has 1 aliphatic heterocycles. The smallest absolute Gasteiger partial charge is 0.124 e. The van der Waals surface area contributed by atoms with E-state index >= 15 is 0 Å². The van der Waals surface area contributed by atoms with Crippen LogP contribution in [0.2, 0.25) is 0 Å². The van der Waals surface area contributed by atoms with Crippen LogP contribution in [0.15, 0.2) is 28.7 Å². The van der Waals surface area contributed by atoms with Crippen molar-refractivity contribution >= 4 is 15.9 Å². The van der Waals surface area contributed by atoms with Gasteiger partial charge in [-0.1, -0.05) is 15.9 Å². The van der Waals surface area contributed by atoms with Crippen LogP contribution in [0.1, 0.15) is 6.92 Å². The van der Waals surface area contributed by atoms with E-state index in [0.717, 1.165) is 16.8 Å². The first kappa shape index (κ1) is 9.03. The number of benzene rings is 1. The number of ether oxygens (including phenoxy) is 2. The highest BCUT2D eigenvalue weighted by Gasteiger charge is 2.30. The highest BCUT2D eigenvalue weighted by molar-refractivity contribution is 9.10. The van der Waals surface area contributed by atoms with Gasteiger partial charge in [0.2, 0.25) is 0 Å². The van der Waals surface area contributed by atoms with Crippen LogP contribution in [0.25, 0.3) is 0 Å². The van der Waals surface area contributed by atoms with Crippen LogP contribution in [0.3, 0.4) is 0 Å². The Morgan fingerprint density at radius 1 is 1.46 bits per heavy atom. The zero-order valence-electron chi connectivity index (χ0n) is 7.37. The van der Waals surface area contributed by atoms with E-state index in [-0.39, 0.29) is 6.10 Å². The molecule has 0 saturated carbocycles. The molecule has 0 aliphatic carbocycles. The summed E-state index contributed by atoms with van der Waals surface area (Å²) in [5.74, 6) is 0.895. The van der Waals surface area contributed by atoms with Crippen molar-refractivity contribution in [2.45, 2.75) is 19.1 Å². The highest BCUT2D eigenvalue weighted by Crippen LogP contribution is 2.22. The summed E-state index contributed by atoms with van der Waals surface area (Å²) in [4.78, 5) is 0. The second-order valence-corrected chi connectivity index (χ2v) is 4.06. The molecule has 0 N–H and O–H groups in total. The van der Waals surface area contributed by atoms with Gasteiger partial charge < -0.3 is 9.47 Å². The minimum absolute atomic E-state index is 0.154. The zero-order chi connectivity index (χ0) is 9.26. The molecule has 0 bridgehead atoms. The summed E-state index contributed by atoms with van der Waals surface area (Å²) in [6, 6.07) is 7.83. The number of rotatable bonds is 3. The summed E-state index contributed by atoms with van der Waals surface area (Å²) in [6.07, 6.45) is 0.449. The third kappa shape index (κ3) is 2.45. The van der Waals surface area contributed by atoms with Crippen molar-refractivity contribution in [1.82, 2.24) is 0 Å². The van der Waals surface area contributed by atoms with Gasteiger partial charge in [-0.15, -0.1) is 0 Å². The van der Waals surface area contributed by atoms with Gasteiger partial charge in [-0.2, -0.15) is 0 Å². The lowest BCUT2D eigenvalue weighted by Gasteiger charge is -2.11. The largest absolute Gasteiger partial charge is 0.488 e. The summed E-state index contributed by atoms with van der Waals surface area (Å²) >= 11 is 3.37. The van der Waals surface area contributed by atoms with Gasteiger partial charge in [0.15, 0.2) is 0 Å². The molecular weight excluding hydrogens is 232 g/mol. The Labute approximate surface area is 86.0 Å². The second kappa shape index (κ2) is 3.68. The molecule has 0 spiro atoms. The molecule has 0 radical (unpaired) electrons. The van der Waals surface area contributed by atoms with Crippen molar-refractivity contribution in [3.8, 4) is 5.75 Å². The average molecular weight is 243 g/mol. The Bertz CT molecular complexity index is 279. The molecule has 1 aliphatic rings. The molecule has 13 heavy (non-hydrogen) atoms. The lowest BCUT2D eigenvalue weighted by Crippen LogP contribution is -2.18. The lowest BCUT2D eigenvalue weighted by molar-refractivity contribution is 0.176. The van der Waals surface area contributed by atoms with Crippen LogP contribution in [-0.4, -0.2) is 18.8 Å². The van der Waals surface area contributed by atoms with Crippen LogP contribution in [-0.2, 0) is 4.74 Å². The molecule has 2 nitrogen and oxygen atoms in total. The molecule has 1 saturated heterocycles. The van der Waals surface area contributed by atoms with Gasteiger partial charge in [0.05, 0.1) is 6.61 Å². The fourth-order valence-electron chi connectivity index (χ4n) is 1.13. The van der Waals surface area contributed by atoms with Crippen LogP contribution in [0.4, 0.5) is 0 Å². The topological polar surface area (TPSA) is 21.8 Å². The third-order valence-electron chi connectivity index (χ3n) is 2.02. The minimum atomic E-state index is 0.154. The normalized spacial score (nSPS) is 22.5. The van der Waals surface area contributed by atoms with Gasteiger partial charge in [0.25, 0.3) is 0 Å². The van der Waals surface area contributed by atoms with Gasteiger partial charge in [-0.05, 0) is 31.2 Å². The molecule has 1 heterocycles. The Hall–Kier alpha value is -0.540. The summed E-state index contributed by atoms with van der Waals surface area (Å²) in [5.41, 5.74) is 0. The molecule has 1 aromatic carbocycles. The predicted octanol–water partition coefficient (Wildman–Crippen LogP) is 2.62. The fourth-order valence-corrected chi connectivity index (χ4v) is 1.39. The van der Waals surface area contributed by atoms with Gasteiger partial charge in [-0.25, -0.2) is 0 Å². The van der Waals surface area contributed by atoms with Crippen molar-refractivity contribution in [2.75, 3.05) is 6.61 Å². The molecule has 0 unspecified atom stereocenters. The van der Waals surface area contributed by atoms with Crippen molar-refractivity contribution in [3.05, 3.63) is 28.7 Å². The number of hydrogen-bond donors (Lipinski definition) is 0. The lowest BCUT2D eigenvalue weighted by atomic mass is 10.3. The maximum Gasteiger partial charge on any atom is 0.124 e. The first-order valence-corrected chi connectivity index (χ1v) is 5.09. The second-order valence-electron chi connectivity index (χ2n) is 3.15. The molecule has 2 rings (SSSR count). The molecule has 1 fully saturated rings. The van der Waals surface area contributed by atoms with E-state index in [1.807, 2.05) is 31.2 Å². The van der Waals surface area contributed by atoms with Crippen LogP contribution in [0, 0.1) is 0 Å². The molecule has 0 aromatic heterocycles. The third-order valence-corrected chi connectivity index (χ3v) is 2.55. The van der Waals surface area contributed by atoms with E-state index in [1.165, 1.54) is 0 Å². The van der Waals surface area contributed by atoms with Crippen LogP contribution < -0.4 is 4.74 Å². The summed E-state index contributed by atoms with van der Waals surface area (Å²) in [5, 5.41) is 0. The Kier molecular flexibility index (Phi) is 2.56. The first-order chi connectivity index (χ1) is 6.25. The summed E-state index contributed by atoms with van der Waals surface area (Å²) < 4.78 is 11.8. The Balaban J connectivity index is 1.96. The molecule has 70 valence electrons. The van der Waals surface area contributed by atoms with E-state index in [1.54, 1.807) is 0 Å². The highest BCUT2D eigenvalue weighted by atomic mass is 79.9. The van der Waals surface area contributed by atoms with Crippen molar-refractivity contribution in [2.24, 2.45) is 0 Å². The quantitative estimate of drug-likeness (QED) is 0.761. The zero-order valence-corrected chi connectivity index (χ0v) is 8.95. The summed E-state index contributed by atoms with van der Waals surface area (Å²) in [6.45, 7) is 2.86. The molecular formula is C10H11BrO2. The average Bonchev–Trinajstić information content (AvgIpc) is 2.91. The molecule has 2 atom stereocenters. The van der Waals surface area contributed by atoms with Crippen LogP contribution >= 0.6 is 15.9 Å². The molecule has 1 aromatic rings. The molecule has 0 amide bonds. The minimum Gasteiger partial charge on any atom is -0.488 e. The van der Waals surface area contributed by atoms with E-state index in [0.29, 0.717) is 6.10 Å². The van der Waals surface area contributed by atoms with Crippen molar-refractivity contribution in [1.29, 1.82) is 0 Å². The predicted molar refractivity (Wildman–Crippen MR) is 54.0 cm³/mol. The fraction of sp³-hybridized carbons (Fsp3) is 0.400. The number of epoxide rings is 1. The maximum atomic E-state index is 5.65. The van der Waals surface area contributed by atoms with Gasteiger partial charge in [0, 0.05) is 4.47 Å². The Morgan fingerprint density at radius 3 is 2.62 bits per heavy atom. The SMILES string of the molecule is C[C@@H](Oc1ccc(Br)cc1)[C@H]1CO1. The number of halogens is 1. The van der Waals surface area contributed by atoms with E-state index < -0.39 is 0 Å². The first-order valence-electron chi connectivity index (χ1n) is 4.29. The van der Waals surface area contributed by atoms with Crippen molar-refractivity contribution in [3.63, 3.8) is 0 Å². The van der Waals surface area contributed by atoms with E-state index in [2.05, 4.69) is 15.9 Å². The van der Waals surface area contributed by atoms with Gasteiger partial charge in [-0.3, -0.25) is 0 Å². The Morgan fingerprint density at radius 2 is 2.08 bits per heavy atom. The van der Waals surface area contributed by atoms with Gasteiger partial charge >= 0.3 is 0 Å².